The fourth-order valence-electron chi connectivity index (χ4n) is 1.81. The largest absolute Gasteiger partial charge is 0.466 e. The molecule has 0 bridgehead atoms. The first kappa shape index (κ1) is 11.4. The molecule has 0 amide bonds. The molecule has 0 aliphatic carbocycles. The summed E-state index contributed by atoms with van der Waals surface area (Å²) in [6.07, 6.45) is 5.24. The SMILES string of the molecule is COC(=O)/C=C/Cn1c[n+](C)c2ccccc21. The van der Waals surface area contributed by atoms with Gasteiger partial charge in [0.25, 0.3) is 0 Å². The second kappa shape index (κ2) is 4.82. The molecule has 0 N–H and O–H groups in total. The van der Waals surface area contributed by atoms with E-state index in [-0.39, 0.29) is 5.97 Å². The summed E-state index contributed by atoms with van der Waals surface area (Å²) < 4.78 is 8.68. The van der Waals surface area contributed by atoms with Crippen LogP contribution in [0, 0.1) is 0 Å². The van der Waals surface area contributed by atoms with Crippen molar-refractivity contribution in [2.24, 2.45) is 7.05 Å². The molecule has 88 valence electrons. The van der Waals surface area contributed by atoms with Crippen molar-refractivity contribution < 1.29 is 14.1 Å². The van der Waals surface area contributed by atoms with E-state index in [1.54, 1.807) is 6.08 Å². The second-order valence-electron chi connectivity index (χ2n) is 3.79. The smallest absolute Gasteiger partial charge is 0.330 e. The van der Waals surface area contributed by atoms with Gasteiger partial charge in [0.15, 0.2) is 11.0 Å². The first-order valence-electron chi connectivity index (χ1n) is 5.40. The summed E-state index contributed by atoms with van der Waals surface area (Å²) >= 11 is 0. The second-order valence-corrected chi connectivity index (χ2v) is 3.79. The van der Waals surface area contributed by atoms with Crippen molar-refractivity contribution in [2.45, 2.75) is 6.54 Å². The molecule has 4 nitrogen and oxygen atoms in total. The van der Waals surface area contributed by atoms with Gasteiger partial charge in [-0.15, -0.1) is 0 Å². The van der Waals surface area contributed by atoms with Gasteiger partial charge in [0.05, 0.1) is 14.2 Å². The molecule has 0 unspecified atom stereocenters. The van der Waals surface area contributed by atoms with Crippen molar-refractivity contribution in [3.05, 3.63) is 42.7 Å². The van der Waals surface area contributed by atoms with Crippen molar-refractivity contribution in [1.29, 1.82) is 0 Å². The lowest BCUT2D eigenvalue weighted by Gasteiger charge is -1.92. The van der Waals surface area contributed by atoms with Crippen molar-refractivity contribution in [2.75, 3.05) is 7.11 Å². The zero-order chi connectivity index (χ0) is 12.3. The summed E-state index contributed by atoms with van der Waals surface area (Å²) in [4.78, 5) is 10.9. The quantitative estimate of drug-likeness (QED) is 0.452. The van der Waals surface area contributed by atoms with Crippen LogP contribution in [0.5, 0.6) is 0 Å². The molecule has 1 aromatic carbocycles. The van der Waals surface area contributed by atoms with Crippen LogP contribution in [-0.4, -0.2) is 17.6 Å². The summed E-state index contributed by atoms with van der Waals surface area (Å²) in [6, 6.07) is 8.14. The molecule has 1 aromatic heterocycles. The van der Waals surface area contributed by atoms with Crippen LogP contribution in [0.3, 0.4) is 0 Å². The third-order valence-electron chi connectivity index (χ3n) is 2.64. The number of aromatic nitrogens is 2. The molecule has 2 aromatic rings. The Kier molecular flexibility index (Phi) is 3.23. The minimum atomic E-state index is -0.328. The number of hydrogen-bond acceptors (Lipinski definition) is 2. The highest BCUT2D eigenvalue weighted by molar-refractivity contribution is 5.81. The van der Waals surface area contributed by atoms with E-state index in [1.807, 2.05) is 25.5 Å². The Morgan fingerprint density at radius 3 is 3.00 bits per heavy atom. The number of esters is 1. The molecule has 0 spiro atoms. The average Bonchev–Trinajstić information content (AvgIpc) is 2.67. The lowest BCUT2D eigenvalue weighted by molar-refractivity contribution is -0.645. The molecule has 1 heterocycles. The van der Waals surface area contributed by atoms with Crippen LogP contribution in [0.25, 0.3) is 11.0 Å². The summed E-state index contributed by atoms with van der Waals surface area (Å²) in [5.41, 5.74) is 2.31. The summed E-state index contributed by atoms with van der Waals surface area (Å²) in [6.45, 7) is 0.649. The number of methoxy groups -OCH3 is 1. The summed E-state index contributed by atoms with van der Waals surface area (Å²) in [5, 5.41) is 0. The number of carbonyl (C=O) groups excluding carboxylic acids is 1. The maximum Gasteiger partial charge on any atom is 0.330 e. The highest BCUT2D eigenvalue weighted by Gasteiger charge is 2.10. The van der Waals surface area contributed by atoms with E-state index in [4.69, 9.17) is 0 Å². The summed E-state index contributed by atoms with van der Waals surface area (Å²) in [7, 11) is 3.38. The zero-order valence-corrected chi connectivity index (χ0v) is 9.96. The zero-order valence-electron chi connectivity index (χ0n) is 9.96. The van der Waals surface area contributed by atoms with Gasteiger partial charge in [-0.05, 0) is 18.2 Å². The van der Waals surface area contributed by atoms with Gasteiger partial charge in [-0.2, -0.15) is 0 Å². The maximum absolute atomic E-state index is 10.9. The monoisotopic (exact) mass is 231 g/mol. The summed E-state index contributed by atoms with van der Waals surface area (Å²) in [5.74, 6) is -0.328. The lowest BCUT2D eigenvalue weighted by atomic mass is 10.3. The predicted octanol–water partition coefficient (Wildman–Crippen LogP) is 1.19. The van der Waals surface area contributed by atoms with Crippen LogP contribution in [-0.2, 0) is 23.1 Å². The van der Waals surface area contributed by atoms with Crippen LogP contribution >= 0.6 is 0 Å². The van der Waals surface area contributed by atoms with Gasteiger partial charge in [0.1, 0.15) is 6.54 Å². The normalized spacial score (nSPS) is 11.2. The van der Waals surface area contributed by atoms with E-state index in [0.29, 0.717) is 6.54 Å². The van der Waals surface area contributed by atoms with Crippen molar-refractivity contribution in [3.8, 4) is 0 Å². The Bertz CT molecular complexity index is 570. The highest BCUT2D eigenvalue weighted by atomic mass is 16.5. The van der Waals surface area contributed by atoms with Crippen LogP contribution < -0.4 is 4.57 Å². The molecule has 0 atom stereocenters. The van der Waals surface area contributed by atoms with Crippen LogP contribution in [0.15, 0.2) is 42.7 Å². The van der Waals surface area contributed by atoms with Crippen LogP contribution in [0.4, 0.5) is 0 Å². The van der Waals surface area contributed by atoms with Crippen LogP contribution in [0.2, 0.25) is 0 Å². The standard InChI is InChI=1S/C13H15N2O2/c1-14-10-15(9-5-8-13(16)17-2)12-7-4-3-6-11(12)14/h3-8,10H,9H2,1-2H3/q+1/b8-5+. The number of fused-ring (bicyclic) bond motifs is 1. The molecular weight excluding hydrogens is 216 g/mol. The van der Waals surface area contributed by atoms with Gasteiger partial charge < -0.3 is 4.74 Å². The Morgan fingerprint density at radius 2 is 2.24 bits per heavy atom. The molecule has 0 radical (unpaired) electrons. The lowest BCUT2D eigenvalue weighted by Crippen LogP contribution is -2.25. The first-order chi connectivity index (χ1) is 8.22. The van der Waals surface area contributed by atoms with E-state index >= 15 is 0 Å². The number of ether oxygens (including phenoxy) is 1. The predicted molar refractivity (Wildman–Crippen MR) is 64.3 cm³/mol. The Labute approximate surface area is 99.7 Å². The number of rotatable bonds is 3. The van der Waals surface area contributed by atoms with E-state index in [9.17, 15) is 4.79 Å². The molecule has 0 fully saturated rings. The number of nitrogens with zero attached hydrogens (tertiary/aromatic N) is 2. The Balaban J connectivity index is 2.25. The molecule has 0 saturated carbocycles. The molecule has 0 saturated heterocycles. The van der Waals surface area contributed by atoms with Crippen LogP contribution in [0.1, 0.15) is 0 Å². The third-order valence-corrected chi connectivity index (χ3v) is 2.64. The third kappa shape index (κ3) is 2.36. The number of aryl methyl sites for hydroxylation is 1. The number of benzene rings is 1. The molecule has 4 heteroatoms. The highest BCUT2D eigenvalue weighted by Crippen LogP contribution is 2.09. The van der Waals surface area contributed by atoms with Gasteiger partial charge in [-0.25, -0.2) is 13.9 Å². The van der Waals surface area contributed by atoms with Gasteiger partial charge in [-0.3, -0.25) is 0 Å². The fourth-order valence-corrected chi connectivity index (χ4v) is 1.81. The number of carbonyl (C=O) groups is 1. The van der Waals surface area contributed by atoms with Gasteiger partial charge in [0.2, 0.25) is 6.33 Å². The fraction of sp³-hybridized carbons (Fsp3) is 0.231. The Hall–Kier alpha value is -2.10. The minimum absolute atomic E-state index is 0.328. The Morgan fingerprint density at radius 1 is 1.47 bits per heavy atom. The van der Waals surface area contributed by atoms with E-state index in [0.717, 1.165) is 5.52 Å². The van der Waals surface area contributed by atoms with E-state index in [1.165, 1.54) is 18.7 Å². The van der Waals surface area contributed by atoms with Crippen molar-refractivity contribution in [3.63, 3.8) is 0 Å². The average molecular weight is 231 g/mol. The first-order valence-corrected chi connectivity index (χ1v) is 5.40. The van der Waals surface area contributed by atoms with Gasteiger partial charge in [0, 0.05) is 6.08 Å². The topological polar surface area (TPSA) is 35.1 Å². The molecule has 2 rings (SSSR count). The van der Waals surface area contributed by atoms with Gasteiger partial charge in [-0.1, -0.05) is 12.1 Å². The maximum atomic E-state index is 10.9. The minimum Gasteiger partial charge on any atom is -0.466 e. The number of para-hydroxylation sites is 2. The van der Waals surface area contributed by atoms with Crippen molar-refractivity contribution >= 4 is 17.0 Å². The van der Waals surface area contributed by atoms with Gasteiger partial charge >= 0.3 is 5.97 Å². The number of allylic oxidation sites excluding steroid dienone is 1. The number of hydrogen-bond donors (Lipinski definition) is 0. The van der Waals surface area contributed by atoms with E-state index < -0.39 is 0 Å². The van der Waals surface area contributed by atoms with Crippen molar-refractivity contribution in [1.82, 2.24) is 4.57 Å². The van der Waals surface area contributed by atoms with E-state index in [2.05, 4.69) is 26.0 Å². The molecule has 0 aliphatic heterocycles. The number of imidazole rings is 1. The molecule has 0 aliphatic rings. The molecule has 17 heavy (non-hydrogen) atoms. The molecular formula is C13H15N2O2+.